The Morgan fingerprint density at radius 3 is 2.91 bits per heavy atom. The number of carbonyl (C=O) groups excluding carboxylic acids is 1. The first-order valence-corrected chi connectivity index (χ1v) is 10.6. The van der Waals surface area contributed by atoms with Crippen molar-refractivity contribution in [3.05, 3.63) is 41.6 Å². The van der Waals surface area contributed by atoms with Gasteiger partial charge in [0.1, 0.15) is 17.2 Å². The quantitative estimate of drug-likeness (QED) is 0.643. The number of piperidine rings is 1. The van der Waals surface area contributed by atoms with Gasteiger partial charge in [-0.05, 0) is 44.4 Å². The second-order valence-corrected chi connectivity index (χ2v) is 7.99. The number of anilines is 1. The van der Waals surface area contributed by atoms with Gasteiger partial charge in [0.2, 0.25) is 12.7 Å². The minimum Gasteiger partial charge on any atom is -0.454 e. The highest BCUT2D eigenvalue weighted by Crippen LogP contribution is 2.33. The number of hydrogen-bond donors (Lipinski definition) is 1. The molecule has 0 spiro atoms. The van der Waals surface area contributed by atoms with E-state index in [1.165, 1.54) is 0 Å². The molecule has 166 valence electrons. The van der Waals surface area contributed by atoms with Gasteiger partial charge in [-0.2, -0.15) is 4.98 Å². The molecule has 1 atom stereocenters. The van der Waals surface area contributed by atoms with E-state index < -0.39 is 0 Å². The molecule has 0 saturated carbocycles. The zero-order valence-electron chi connectivity index (χ0n) is 18.0. The third-order valence-electron chi connectivity index (χ3n) is 5.64. The summed E-state index contributed by atoms with van der Waals surface area (Å²) in [7, 11) is 0. The Morgan fingerprint density at radius 2 is 2.06 bits per heavy atom. The summed E-state index contributed by atoms with van der Waals surface area (Å²) in [4.78, 5) is 28.3. The molecule has 32 heavy (non-hydrogen) atoms. The van der Waals surface area contributed by atoms with Crippen molar-refractivity contribution in [3.63, 3.8) is 0 Å². The van der Waals surface area contributed by atoms with Gasteiger partial charge in [-0.15, -0.1) is 0 Å². The minimum absolute atomic E-state index is 0.0216. The Labute approximate surface area is 185 Å². The first-order chi connectivity index (χ1) is 15.6. The molecule has 1 N–H and O–H groups in total. The lowest BCUT2D eigenvalue weighted by Gasteiger charge is -2.33. The van der Waals surface area contributed by atoms with Crippen LogP contribution in [0.4, 0.5) is 5.82 Å². The van der Waals surface area contributed by atoms with Crippen molar-refractivity contribution < 1.29 is 18.8 Å². The van der Waals surface area contributed by atoms with Crippen LogP contribution in [0.3, 0.4) is 0 Å². The highest BCUT2D eigenvalue weighted by molar-refractivity contribution is 5.80. The Bertz CT molecular complexity index is 1150. The minimum atomic E-state index is -0.148. The van der Waals surface area contributed by atoms with E-state index in [0.717, 1.165) is 36.5 Å². The highest BCUT2D eigenvalue weighted by Gasteiger charge is 2.29. The largest absolute Gasteiger partial charge is 0.454 e. The third kappa shape index (κ3) is 4.08. The Kier molecular flexibility index (Phi) is 5.34. The standard InChI is InChI=1S/C22H24N6O4/c1-13-23-10-17(22-26-14(2)27-32-22)20(25-13)28-7-3-4-16(11-28)21(29)24-9-15-5-6-18-19(8-15)31-12-30-18/h5-6,8,10,16H,3-4,7,9,11-12H2,1-2H3,(H,24,29). The fraction of sp³-hybridized carbons (Fsp3) is 0.409. The van der Waals surface area contributed by atoms with E-state index in [4.69, 9.17) is 14.0 Å². The highest BCUT2D eigenvalue weighted by atomic mass is 16.7. The van der Waals surface area contributed by atoms with Gasteiger partial charge in [0.15, 0.2) is 17.3 Å². The molecule has 2 aliphatic heterocycles. The Hall–Kier alpha value is -3.69. The molecular weight excluding hydrogens is 412 g/mol. The second-order valence-electron chi connectivity index (χ2n) is 7.99. The van der Waals surface area contributed by atoms with Crippen molar-refractivity contribution in [2.24, 2.45) is 5.92 Å². The maximum Gasteiger partial charge on any atom is 0.263 e. The van der Waals surface area contributed by atoms with Crippen LogP contribution in [0.15, 0.2) is 28.9 Å². The van der Waals surface area contributed by atoms with Crippen LogP contribution in [0, 0.1) is 19.8 Å². The van der Waals surface area contributed by atoms with E-state index in [2.05, 4.69) is 30.3 Å². The summed E-state index contributed by atoms with van der Waals surface area (Å²) in [6, 6.07) is 5.70. The predicted molar refractivity (Wildman–Crippen MR) is 114 cm³/mol. The third-order valence-corrected chi connectivity index (χ3v) is 5.64. The van der Waals surface area contributed by atoms with Crippen LogP contribution in [0.25, 0.3) is 11.5 Å². The number of benzene rings is 1. The van der Waals surface area contributed by atoms with Gasteiger partial charge in [-0.1, -0.05) is 11.2 Å². The summed E-state index contributed by atoms with van der Waals surface area (Å²) >= 11 is 0. The van der Waals surface area contributed by atoms with Crippen molar-refractivity contribution in [3.8, 4) is 23.0 Å². The zero-order valence-corrected chi connectivity index (χ0v) is 18.0. The van der Waals surface area contributed by atoms with Crippen LogP contribution in [0.5, 0.6) is 11.5 Å². The molecule has 1 unspecified atom stereocenters. The molecule has 2 aromatic heterocycles. The average Bonchev–Trinajstić information content (AvgIpc) is 3.46. The van der Waals surface area contributed by atoms with Crippen molar-refractivity contribution >= 4 is 11.7 Å². The van der Waals surface area contributed by atoms with E-state index in [9.17, 15) is 4.79 Å². The number of carbonyl (C=O) groups is 1. The summed E-state index contributed by atoms with van der Waals surface area (Å²) in [5, 5.41) is 6.94. The van der Waals surface area contributed by atoms with Gasteiger partial charge in [0.05, 0.1) is 5.92 Å². The fourth-order valence-corrected chi connectivity index (χ4v) is 4.02. The fourth-order valence-electron chi connectivity index (χ4n) is 4.02. The van der Waals surface area contributed by atoms with Gasteiger partial charge in [-0.3, -0.25) is 4.79 Å². The lowest BCUT2D eigenvalue weighted by Crippen LogP contribution is -2.43. The summed E-state index contributed by atoms with van der Waals surface area (Å²) in [5.41, 5.74) is 1.65. The second kappa shape index (κ2) is 8.45. The SMILES string of the molecule is Cc1noc(-c2cnc(C)nc2N2CCCC(C(=O)NCc3ccc4c(c3)OCO4)C2)n1. The summed E-state index contributed by atoms with van der Waals surface area (Å²) in [6.45, 7) is 5.63. The number of rotatable bonds is 5. The average molecular weight is 436 g/mol. The van der Waals surface area contributed by atoms with Crippen molar-refractivity contribution in [2.45, 2.75) is 33.2 Å². The van der Waals surface area contributed by atoms with Crippen LogP contribution in [-0.2, 0) is 11.3 Å². The van der Waals surface area contributed by atoms with E-state index in [1.807, 2.05) is 25.1 Å². The maximum atomic E-state index is 12.9. The lowest BCUT2D eigenvalue weighted by atomic mass is 9.96. The molecule has 0 aliphatic carbocycles. The number of aryl methyl sites for hydroxylation is 2. The molecule has 0 radical (unpaired) electrons. The molecule has 1 saturated heterocycles. The molecular formula is C22H24N6O4. The molecule has 10 nitrogen and oxygen atoms in total. The molecule has 10 heteroatoms. The monoisotopic (exact) mass is 436 g/mol. The number of aromatic nitrogens is 4. The van der Waals surface area contributed by atoms with Crippen molar-refractivity contribution in [1.29, 1.82) is 0 Å². The Balaban J connectivity index is 1.28. The van der Waals surface area contributed by atoms with E-state index >= 15 is 0 Å². The van der Waals surface area contributed by atoms with Crippen LogP contribution in [-0.4, -0.2) is 45.9 Å². The molecule has 3 aromatic rings. The van der Waals surface area contributed by atoms with Gasteiger partial charge in [0.25, 0.3) is 5.89 Å². The van der Waals surface area contributed by atoms with Gasteiger partial charge < -0.3 is 24.2 Å². The van der Waals surface area contributed by atoms with E-state index in [-0.39, 0.29) is 18.6 Å². The van der Waals surface area contributed by atoms with Crippen LogP contribution in [0.1, 0.15) is 30.1 Å². The Morgan fingerprint density at radius 1 is 1.19 bits per heavy atom. The number of ether oxygens (including phenoxy) is 2. The summed E-state index contributed by atoms with van der Waals surface area (Å²) < 4.78 is 16.1. The summed E-state index contributed by atoms with van der Waals surface area (Å²) in [6.07, 6.45) is 3.41. The number of hydrogen-bond acceptors (Lipinski definition) is 9. The topological polar surface area (TPSA) is 116 Å². The van der Waals surface area contributed by atoms with Gasteiger partial charge >= 0.3 is 0 Å². The van der Waals surface area contributed by atoms with Crippen LogP contribution in [0.2, 0.25) is 0 Å². The summed E-state index contributed by atoms with van der Waals surface area (Å²) in [5.74, 6) is 3.61. The molecule has 4 heterocycles. The first kappa shape index (κ1) is 20.2. The van der Waals surface area contributed by atoms with E-state index in [0.29, 0.717) is 41.9 Å². The smallest absolute Gasteiger partial charge is 0.263 e. The molecule has 0 bridgehead atoms. The van der Waals surface area contributed by atoms with Gasteiger partial charge in [0, 0.05) is 25.8 Å². The van der Waals surface area contributed by atoms with Gasteiger partial charge in [-0.25, -0.2) is 9.97 Å². The number of nitrogens with zero attached hydrogens (tertiary/aromatic N) is 5. The normalized spacial score (nSPS) is 17.4. The van der Waals surface area contributed by atoms with Crippen LogP contribution >= 0.6 is 0 Å². The van der Waals surface area contributed by atoms with Crippen molar-refractivity contribution in [1.82, 2.24) is 25.4 Å². The maximum absolute atomic E-state index is 12.9. The van der Waals surface area contributed by atoms with Crippen molar-refractivity contribution in [2.75, 3.05) is 24.8 Å². The van der Waals surface area contributed by atoms with E-state index in [1.54, 1.807) is 13.1 Å². The lowest BCUT2D eigenvalue weighted by molar-refractivity contribution is -0.125. The number of nitrogens with one attached hydrogen (secondary N) is 1. The predicted octanol–water partition coefficient (Wildman–Crippen LogP) is 2.40. The molecule has 1 aromatic carbocycles. The number of amides is 1. The van der Waals surface area contributed by atoms with Crippen LogP contribution < -0.4 is 19.7 Å². The number of fused-ring (bicyclic) bond motifs is 1. The molecule has 1 amide bonds. The molecule has 1 fully saturated rings. The molecule has 5 rings (SSSR count). The molecule has 2 aliphatic rings. The zero-order chi connectivity index (χ0) is 22.1. The first-order valence-electron chi connectivity index (χ1n) is 10.6.